The van der Waals surface area contributed by atoms with Gasteiger partial charge in [-0.05, 0) is 40.0 Å². The number of nitrogens with one attached hydrogen (secondary N) is 1. The number of aliphatic imine (C=N–C) groups is 1. The van der Waals surface area contributed by atoms with Crippen LogP contribution in [0.15, 0.2) is 9.52 Å². The first-order valence-electron chi connectivity index (χ1n) is 8.84. The highest BCUT2D eigenvalue weighted by atomic mass is 16.5. The number of carbonyl (C=O) groups excluding carboxylic acids is 1. The standard InChI is InChI=1S/C17H27N5O2/c1-4-18-17(19-8-7-15-12(2)20-24-13(15)3)21-9-10-22(14-5-6-14)16(23)11-21/h14H,4-11H2,1-3H3,(H,18,19). The molecule has 3 rings (SSSR count). The zero-order valence-corrected chi connectivity index (χ0v) is 14.8. The molecule has 7 heteroatoms. The zero-order chi connectivity index (χ0) is 17.1. The molecule has 0 bridgehead atoms. The minimum absolute atomic E-state index is 0.222. The lowest BCUT2D eigenvalue weighted by Gasteiger charge is -2.36. The fraction of sp³-hybridized carbons (Fsp3) is 0.706. The van der Waals surface area contributed by atoms with Gasteiger partial charge in [-0.2, -0.15) is 0 Å². The average molecular weight is 333 g/mol. The summed E-state index contributed by atoms with van der Waals surface area (Å²) in [4.78, 5) is 21.1. The minimum atomic E-state index is 0.222. The van der Waals surface area contributed by atoms with Gasteiger partial charge in [-0.1, -0.05) is 5.16 Å². The molecular formula is C17H27N5O2. The second-order valence-corrected chi connectivity index (χ2v) is 6.53. The van der Waals surface area contributed by atoms with Gasteiger partial charge in [0.05, 0.1) is 12.2 Å². The molecule has 1 aromatic rings. The van der Waals surface area contributed by atoms with Crippen LogP contribution >= 0.6 is 0 Å². The molecule has 7 nitrogen and oxygen atoms in total. The van der Waals surface area contributed by atoms with Crippen molar-refractivity contribution in [3.8, 4) is 0 Å². The third-order valence-electron chi connectivity index (χ3n) is 4.68. The Hall–Kier alpha value is -2.05. The second-order valence-electron chi connectivity index (χ2n) is 6.53. The van der Waals surface area contributed by atoms with Crippen molar-refractivity contribution in [3.63, 3.8) is 0 Å². The third kappa shape index (κ3) is 3.71. The minimum Gasteiger partial charge on any atom is -0.361 e. The maximum Gasteiger partial charge on any atom is 0.242 e. The number of rotatable bonds is 5. The Morgan fingerprint density at radius 3 is 2.75 bits per heavy atom. The summed E-state index contributed by atoms with van der Waals surface area (Å²) in [6, 6.07) is 0.499. The van der Waals surface area contributed by atoms with E-state index in [-0.39, 0.29) is 5.91 Å². The van der Waals surface area contributed by atoms with Crippen molar-refractivity contribution < 1.29 is 9.32 Å². The van der Waals surface area contributed by atoms with Crippen molar-refractivity contribution in [1.82, 2.24) is 20.3 Å². The Bertz CT molecular complexity index is 601. The van der Waals surface area contributed by atoms with Crippen LogP contribution in [-0.2, 0) is 11.2 Å². The fourth-order valence-corrected chi connectivity index (χ4v) is 3.20. The molecular weight excluding hydrogens is 306 g/mol. The van der Waals surface area contributed by atoms with Crippen molar-refractivity contribution in [1.29, 1.82) is 0 Å². The summed E-state index contributed by atoms with van der Waals surface area (Å²) in [6.07, 6.45) is 3.13. The van der Waals surface area contributed by atoms with E-state index < -0.39 is 0 Å². The van der Waals surface area contributed by atoms with E-state index in [0.29, 0.717) is 19.1 Å². The number of carbonyl (C=O) groups is 1. The largest absolute Gasteiger partial charge is 0.361 e. The number of nitrogens with zero attached hydrogens (tertiary/aromatic N) is 4. The van der Waals surface area contributed by atoms with E-state index in [9.17, 15) is 4.79 Å². The lowest BCUT2D eigenvalue weighted by molar-refractivity contribution is -0.135. The summed E-state index contributed by atoms with van der Waals surface area (Å²) in [7, 11) is 0. The van der Waals surface area contributed by atoms with Gasteiger partial charge in [-0.3, -0.25) is 9.79 Å². The number of aryl methyl sites for hydroxylation is 2. The van der Waals surface area contributed by atoms with Crippen LogP contribution < -0.4 is 5.32 Å². The zero-order valence-electron chi connectivity index (χ0n) is 14.8. The SMILES string of the molecule is CCNC(=NCCc1c(C)noc1C)N1CCN(C2CC2)C(=O)C1. The van der Waals surface area contributed by atoms with Crippen molar-refractivity contribution >= 4 is 11.9 Å². The summed E-state index contributed by atoms with van der Waals surface area (Å²) in [5, 5.41) is 7.29. The molecule has 1 aliphatic carbocycles. The predicted octanol–water partition coefficient (Wildman–Crippen LogP) is 1.11. The predicted molar refractivity (Wildman–Crippen MR) is 92.0 cm³/mol. The number of guanidine groups is 1. The smallest absolute Gasteiger partial charge is 0.242 e. The van der Waals surface area contributed by atoms with E-state index in [2.05, 4.69) is 15.4 Å². The Morgan fingerprint density at radius 1 is 1.38 bits per heavy atom. The Balaban J connectivity index is 1.60. The van der Waals surface area contributed by atoms with Crippen LogP contribution in [0.1, 0.15) is 36.8 Å². The number of piperazine rings is 1. The molecule has 0 atom stereocenters. The molecule has 132 valence electrons. The lowest BCUT2D eigenvalue weighted by atomic mass is 10.1. The van der Waals surface area contributed by atoms with E-state index >= 15 is 0 Å². The highest BCUT2D eigenvalue weighted by Crippen LogP contribution is 2.28. The number of amides is 1. The summed E-state index contributed by atoms with van der Waals surface area (Å²) in [5.41, 5.74) is 2.06. The molecule has 0 aromatic carbocycles. The molecule has 1 aliphatic heterocycles. The van der Waals surface area contributed by atoms with Crippen LogP contribution in [-0.4, -0.2) is 65.6 Å². The van der Waals surface area contributed by atoms with Crippen LogP contribution in [0.2, 0.25) is 0 Å². The maximum absolute atomic E-state index is 12.3. The third-order valence-corrected chi connectivity index (χ3v) is 4.68. The molecule has 1 amide bonds. The molecule has 0 spiro atoms. The maximum atomic E-state index is 12.3. The van der Waals surface area contributed by atoms with Crippen LogP contribution in [0.3, 0.4) is 0 Å². The van der Waals surface area contributed by atoms with E-state index in [4.69, 9.17) is 9.52 Å². The van der Waals surface area contributed by atoms with Crippen LogP contribution in [0, 0.1) is 13.8 Å². The highest BCUT2D eigenvalue weighted by Gasteiger charge is 2.36. The molecule has 24 heavy (non-hydrogen) atoms. The molecule has 0 unspecified atom stereocenters. The molecule has 1 saturated heterocycles. The second kappa shape index (κ2) is 7.23. The van der Waals surface area contributed by atoms with Gasteiger partial charge < -0.3 is 19.6 Å². The van der Waals surface area contributed by atoms with Crippen molar-refractivity contribution in [3.05, 3.63) is 17.0 Å². The molecule has 2 aliphatic rings. The molecule has 1 N–H and O–H groups in total. The van der Waals surface area contributed by atoms with E-state index in [1.807, 2.05) is 25.7 Å². The van der Waals surface area contributed by atoms with Crippen molar-refractivity contribution in [2.24, 2.45) is 4.99 Å². The molecule has 2 fully saturated rings. The Kier molecular flexibility index (Phi) is 5.06. The summed E-state index contributed by atoms with van der Waals surface area (Å²) >= 11 is 0. The van der Waals surface area contributed by atoms with E-state index in [1.54, 1.807) is 0 Å². The summed E-state index contributed by atoms with van der Waals surface area (Å²) in [5.74, 6) is 1.91. The van der Waals surface area contributed by atoms with Gasteiger partial charge in [0.2, 0.25) is 5.91 Å². The highest BCUT2D eigenvalue weighted by molar-refractivity contribution is 5.88. The summed E-state index contributed by atoms with van der Waals surface area (Å²) < 4.78 is 5.20. The fourth-order valence-electron chi connectivity index (χ4n) is 3.20. The van der Waals surface area contributed by atoms with E-state index in [0.717, 1.165) is 61.9 Å². The lowest BCUT2D eigenvalue weighted by Crippen LogP contribution is -2.55. The Labute approximate surface area is 143 Å². The first-order chi connectivity index (χ1) is 11.6. The molecule has 1 saturated carbocycles. The summed E-state index contributed by atoms with van der Waals surface area (Å²) in [6.45, 7) is 9.46. The van der Waals surface area contributed by atoms with Crippen LogP contribution in [0.5, 0.6) is 0 Å². The van der Waals surface area contributed by atoms with Gasteiger partial charge in [-0.25, -0.2) is 0 Å². The number of hydrogen-bond donors (Lipinski definition) is 1. The van der Waals surface area contributed by atoms with E-state index in [1.165, 1.54) is 0 Å². The molecule has 1 aromatic heterocycles. The first-order valence-corrected chi connectivity index (χ1v) is 8.84. The molecule has 0 radical (unpaired) electrons. The van der Waals surface area contributed by atoms with Gasteiger partial charge >= 0.3 is 0 Å². The monoisotopic (exact) mass is 333 g/mol. The number of hydrogen-bond acceptors (Lipinski definition) is 4. The van der Waals surface area contributed by atoms with Gasteiger partial charge in [0.25, 0.3) is 0 Å². The topological polar surface area (TPSA) is 74.0 Å². The Morgan fingerprint density at radius 2 is 2.17 bits per heavy atom. The van der Waals surface area contributed by atoms with Crippen molar-refractivity contribution in [2.45, 2.75) is 46.1 Å². The average Bonchev–Trinajstić information content (AvgIpc) is 3.35. The van der Waals surface area contributed by atoms with Crippen LogP contribution in [0.25, 0.3) is 0 Å². The quantitative estimate of drug-likeness (QED) is 0.645. The normalized spacial score (nSPS) is 19.1. The molecule has 2 heterocycles. The van der Waals surface area contributed by atoms with Crippen molar-refractivity contribution in [2.75, 3.05) is 32.7 Å². The van der Waals surface area contributed by atoms with Crippen LogP contribution in [0.4, 0.5) is 0 Å². The number of aromatic nitrogens is 1. The van der Waals surface area contributed by atoms with Gasteiger partial charge in [0.15, 0.2) is 5.96 Å². The van der Waals surface area contributed by atoms with Gasteiger partial charge in [0.1, 0.15) is 5.76 Å². The van der Waals surface area contributed by atoms with Gasteiger partial charge in [0, 0.05) is 37.8 Å². The first kappa shape index (κ1) is 16.8. The van der Waals surface area contributed by atoms with Gasteiger partial charge in [-0.15, -0.1) is 0 Å².